The molecule has 0 bridgehead atoms. The standard InChI is InChI=1S/C12H19NO/c1-11(13(2)3)9-14-10-12-7-5-4-6-8-12/h4-8,11H,9-10H2,1-3H3. The zero-order valence-electron chi connectivity index (χ0n) is 9.23. The summed E-state index contributed by atoms with van der Waals surface area (Å²) in [6, 6.07) is 10.7. The highest BCUT2D eigenvalue weighted by molar-refractivity contribution is 5.13. The molecule has 1 aromatic rings. The molecule has 2 nitrogen and oxygen atoms in total. The van der Waals surface area contributed by atoms with Crippen molar-refractivity contribution in [3.8, 4) is 0 Å². The molecule has 14 heavy (non-hydrogen) atoms. The molecule has 78 valence electrons. The number of likely N-dealkylation sites (N-methyl/N-ethyl adjacent to an activating group) is 1. The number of hydrogen-bond acceptors (Lipinski definition) is 2. The van der Waals surface area contributed by atoms with Gasteiger partial charge in [0, 0.05) is 6.04 Å². The van der Waals surface area contributed by atoms with Gasteiger partial charge in [-0.25, -0.2) is 0 Å². The first-order chi connectivity index (χ1) is 6.70. The molecule has 1 rings (SSSR count). The van der Waals surface area contributed by atoms with Gasteiger partial charge < -0.3 is 9.64 Å². The van der Waals surface area contributed by atoms with Gasteiger partial charge in [0.05, 0.1) is 13.2 Å². The van der Waals surface area contributed by atoms with Crippen LogP contribution in [-0.4, -0.2) is 31.6 Å². The summed E-state index contributed by atoms with van der Waals surface area (Å²) in [6.07, 6.45) is 0. The molecule has 0 saturated heterocycles. The summed E-state index contributed by atoms with van der Waals surface area (Å²) < 4.78 is 5.60. The zero-order chi connectivity index (χ0) is 10.4. The summed E-state index contributed by atoms with van der Waals surface area (Å²) in [7, 11) is 4.13. The molecule has 0 fully saturated rings. The number of rotatable bonds is 5. The van der Waals surface area contributed by atoms with E-state index in [0.29, 0.717) is 12.6 Å². The molecule has 1 atom stereocenters. The van der Waals surface area contributed by atoms with E-state index < -0.39 is 0 Å². The van der Waals surface area contributed by atoms with Crippen molar-refractivity contribution in [3.05, 3.63) is 35.9 Å². The van der Waals surface area contributed by atoms with Crippen molar-refractivity contribution in [2.24, 2.45) is 0 Å². The molecule has 1 unspecified atom stereocenters. The molecule has 0 aliphatic rings. The predicted molar refractivity (Wildman–Crippen MR) is 59.2 cm³/mol. The van der Waals surface area contributed by atoms with Crippen LogP contribution in [0, 0.1) is 0 Å². The number of benzene rings is 1. The van der Waals surface area contributed by atoms with Gasteiger partial charge in [-0.05, 0) is 26.6 Å². The van der Waals surface area contributed by atoms with Crippen molar-refractivity contribution < 1.29 is 4.74 Å². The lowest BCUT2D eigenvalue weighted by Crippen LogP contribution is -2.29. The first-order valence-corrected chi connectivity index (χ1v) is 4.98. The fourth-order valence-corrected chi connectivity index (χ4v) is 1.07. The van der Waals surface area contributed by atoms with Crippen LogP contribution < -0.4 is 0 Å². The maximum absolute atomic E-state index is 5.60. The lowest BCUT2D eigenvalue weighted by atomic mass is 10.2. The summed E-state index contributed by atoms with van der Waals surface area (Å²) in [5, 5.41) is 0. The fourth-order valence-electron chi connectivity index (χ4n) is 1.07. The highest BCUT2D eigenvalue weighted by Gasteiger charge is 2.03. The highest BCUT2D eigenvalue weighted by Crippen LogP contribution is 2.01. The second-order valence-corrected chi connectivity index (χ2v) is 3.81. The van der Waals surface area contributed by atoms with Crippen LogP contribution in [0.1, 0.15) is 12.5 Å². The lowest BCUT2D eigenvalue weighted by Gasteiger charge is -2.19. The van der Waals surface area contributed by atoms with Gasteiger partial charge in [-0.1, -0.05) is 30.3 Å². The molecule has 0 amide bonds. The van der Waals surface area contributed by atoms with Crippen LogP contribution in [0.25, 0.3) is 0 Å². The van der Waals surface area contributed by atoms with Gasteiger partial charge in [0.15, 0.2) is 0 Å². The predicted octanol–water partition coefficient (Wildman–Crippen LogP) is 2.15. The first kappa shape index (κ1) is 11.2. The van der Waals surface area contributed by atoms with Gasteiger partial charge in [0.2, 0.25) is 0 Å². The van der Waals surface area contributed by atoms with E-state index in [9.17, 15) is 0 Å². The molecule has 0 radical (unpaired) electrons. The summed E-state index contributed by atoms with van der Waals surface area (Å²) in [5.74, 6) is 0. The smallest absolute Gasteiger partial charge is 0.0717 e. The van der Waals surface area contributed by atoms with Crippen molar-refractivity contribution >= 4 is 0 Å². The van der Waals surface area contributed by atoms with Crippen LogP contribution in [0.4, 0.5) is 0 Å². The first-order valence-electron chi connectivity index (χ1n) is 4.98. The van der Waals surface area contributed by atoms with E-state index in [1.165, 1.54) is 5.56 Å². The minimum Gasteiger partial charge on any atom is -0.375 e. The molecule has 2 heteroatoms. The third kappa shape index (κ3) is 3.90. The molecular weight excluding hydrogens is 174 g/mol. The Labute approximate surface area is 86.5 Å². The van der Waals surface area contributed by atoms with E-state index in [0.717, 1.165) is 6.61 Å². The quantitative estimate of drug-likeness (QED) is 0.710. The van der Waals surface area contributed by atoms with Crippen LogP contribution in [-0.2, 0) is 11.3 Å². The van der Waals surface area contributed by atoms with Crippen molar-refractivity contribution in [1.29, 1.82) is 0 Å². The topological polar surface area (TPSA) is 12.5 Å². The lowest BCUT2D eigenvalue weighted by molar-refractivity contribution is 0.0750. The molecule has 0 heterocycles. The normalized spacial score (nSPS) is 13.1. The van der Waals surface area contributed by atoms with Crippen LogP contribution in [0.5, 0.6) is 0 Å². The molecule has 0 spiro atoms. The van der Waals surface area contributed by atoms with Gasteiger partial charge in [0.25, 0.3) is 0 Å². The Kier molecular flexibility index (Phi) is 4.63. The maximum atomic E-state index is 5.60. The molecular formula is C12H19NO. The third-order valence-corrected chi connectivity index (χ3v) is 2.35. The van der Waals surface area contributed by atoms with Crippen LogP contribution in [0.2, 0.25) is 0 Å². The Morgan fingerprint density at radius 1 is 1.21 bits per heavy atom. The molecule has 0 aliphatic heterocycles. The Bertz CT molecular complexity index is 246. The number of nitrogens with zero attached hydrogens (tertiary/aromatic N) is 1. The van der Waals surface area contributed by atoms with E-state index in [1.54, 1.807) is 0 Å². The second kappa shape index (κ2) is 5.78. The average Bonchev–Trinajstić information content (AvgIpc) is 2.19. The minimum atomic E-state index is 0.471. The van der Waals surface area contributed by atoms with Gasteiger partial charge in [0.1, 0.15) is 0 Å². The van der Waals surface area contributed by atoms with Crippen molar-refractivity contribution in [2.45, 2.75) is 19.6 Å². The van der Waals surface area contributed by atoms with Gasteiger partial charge in [-0.2, -0.15) is 0 Å². The van der Waals surface area contributed by atoms with Crippen LogP contribution in [0.3, 0.4) is 0 Å². The van der Waals surface area contributed by atoms with E-state index >= 15 is 0 Å². The van der Waals surface area contributed by atoms with Gasteiger partial charge >= 0.3 is 0 Å². The highest BCUT2D eigenvalue weighted by atomic mass is 16.5. The monoisotopic (exact) mass is 193 g/mol. The molecule has 0 aliphatic carbocycles. The SMILES string of the molecule is CC(COCc1ccccc1)N(C)C. The Morgan fingerprint density at radius 3 is 2.43 bits per heavy atom. The van der Waals surface area contributed by atoms with E-state index in [1.807, 2.05) is 18.2 Å². The summed E-state index contributed by atoms with van der Waals surface area (Å²) >= 11 is 0. The Hall–Kier alpha value is -0.860. The number of hydrogen-bond donors (Lipinski definition) is 0. The fraction of sp³-hybridized carbons (Fsp3) is 0.500. The van der Waals surface area contributed by atoms with E-state index in [4.69, 9.17) is 4.74 Å². The van der Waals surface area contributed by atoms with Crippen LogP contribution >= 0.6 is 0 Å². The molecule has 0 saturated carbocycles. The van der Waals surface area contributed by atoms with Crippen molar-refractivity contribution in [2.75, 3.05) is 20.7 Å². The molecule has 1 aromatic carbocycles. The largest absolute Gasteiger partial charge is 0.375 e. The minimum absolute atomic E-state index is 0.471. The summed E-state index contributed by atoms with van der Waals surface area (Å²) in [6.45, 7) is 3.64. The maximum Gasteiger partial charge on any atom is 0.0717 e. The Morgan fingerprint density at radius 2 is 1.86 bits per heavy atom. The summed E-state index contributed by atoms with van der Waals surface area (Å²) in [4.78, 5) is 2.16. The van der Waals surface area contributed by atoms with Crippen LogP contribution in [0.15, 0.2) is 30.3 Å². The zero-order valence-corrected chi connectivity index (χ0v) is 9.23. The van der Waals surface area contributed by atoms with E-state index in [-0.39, 0.29) is 0 Å². The van der Waals surface area contributed by atoms with Gasteiger partial charge in [-0.15, -0.1) is 0 Å². The van der Waals surface area contributed by atoms with Crippen molar-refractivity contribution in [1.82, 2.24) is 4.90 Å². The van der Waals surface area contributed by atoms with Crippen molar-refractivity contribution in [3.63, 3.8) is 0 Å². The third-order valence-electron chi connectivity index (χ3n) is 2.35. The second-order valence-electron chi connectivity index (χ2n) is 3.81. The summed E-state index contributed by atoms with van der Waals surface area (Å²) in [5.41, 5.74) is 1.23. The Balaban J connectivity index is 2.22. The number of ether oxygens (including phenoxy) is 1. The van der Waals surface area contributed by atoms with E-state index in [2.05, 4.69) is 38.1 Å². The van der Waals surface area contributed by atoms with Gasteiger partial charge in [-0.3, -0.25) is 0 Å². The average molecular weight is 193 g/mol. The molecule has 0 N–H and O–H groups in total. The molecule has 0 aromatic heterocycles.